The van der Waals surface area contributed by atoms with Gasteiger partial charge in [-0.3, -0.25) is 0 Å². The van der Waals surface area contributed by atoms with Gasteiger partial charge >= 0.3 is 0 Å². The molecule has 18 heavy (non-hydrogen) atoms. The predicted octanol–water partition coefficient (Wildman–Crippen LogP) is 1.73. The van der Waals surface area contributed by atoms with Crippen LogP contribution in [-0.4, -0.2) is 14.7 Å². The van der Waals surface area contributed by atoms with Crippen molar-refractivity contribution in [1.82, 2.24) is 9.55 Å². The Morgan fingerprint density at radius 3 is 3.00 bits per heavy atom. The maximum Gasteiger partial charge on any atom is 0.111 e. The number of benzene rings is 1. The Morgan fingerprint density at radius 1 is 1.39 bits per heavy atom. The minimum atomic E-state index is -0.517. The standard InChI is InChI=1S/C14H16N2O2/c1-16-5-4-15-14(16)7-13(17)10-2-3-11-8-18-9-12(11)6-10/h2-6,13,17H,7-9H2,1H3. The first-order valence-electron chi connectivity index (χ1n) is 6.08. The lowest BCUT2D eigenvalue weighted by Crippen LogP contribution is -2.07. The van der Waals surface area contributed by atoms with Gasteiger partial charge in [0.2, 0.25) is 0 Å². The van der Waals surface area contributed by atoms with E-state index >= 15 is 0 Å². The number of ether oxygens (including phenoxy) is 1. The minimum absolute atomic E-state index is 0.517. The fraction of sp³-hybridized carbons (Fsp3) is 0.357. The number of hydrogen-bond acceptors (Lipinski definition) is 3. The zero-order chi connectivity index (χ0) is 12.5. The molecule has 0 amide bonds. The number of aliphatic hydroxyl groups is 1. The van der Waals surface area contributed by atoms with Crippen LogP contribution in [0.15, 0.2) is 30.6 Å². The van der Waals surface area contributed by atoms with Crippen LogP contribution in [0, 0.1) is 0 Å². The summed E-state index contributed by atoms with van der Waals surface area (Å²) >= 11 is 0. The van der Waals surface area contributed by atoms with Gasteiger partial charge in [0.05, 0.1) is 19.3 Å². The van der Waals surface area contributed by atoms with Gasteiger partial charge in [0.1, 0.15) is 5.82 Å². The van der Waals surface area contributed by atoms with Crippen LogP contribution in [-0.2, 0) is 31.4 Å². The van der Waals surface area contributed by atoms with Gasteiger partial charge in [-0.1, -0.05) is 18.2 Å². The molecule has 1 aliphatic heterocycles. The van der Waals surface area contributed by atoms with E-state index in [2.05, 4.69) is 4.98 Å². The molecule has 0 saturated carbocycles. The van der Waals surface area contributed by atoms with Crippen LogP contribution < -0.4 is 0 Å². The zero-order valence-corrected chi connectivity index (χ0v) is 10.3. The molecule has 0 radical (unpaired) electrons. The zero-order valence-electron chi connectivity index (χ0n) is 10.3. The van der Waals surface area contributed by atoms with Gasteiger partial charge in [-0.25, -0.2) is 4.98 Å². The molecule has 0 fully saturated rings. The number of imidazole rings is 1. The van der Waals surface area contributed by atoms with Gasteiger partial charge in [-0.15, -0.1) is 0 Å². The van der Waals surface area contributed by atoms with E-state index in [1.165, 1.54) is 11.1 Å². The molecule has 1 unspecified atom stereocenters. The maximum absolute atomic E-state index is 10.3. The molecule has 1 atom stereocenters. The van der Waals surface area contributed by atoms with E-state index in [1.54, 1.807) is 6.20 Å². The van der Waals surface area contributed by atoms with Gasteiger partial charge in [-0.2, -0.15) is 0 Å². The molecule has 1 aromatic heterocycles. The maximum atomic E-state index is 10.3. The number of aromatic nitrogens is 2. The monoisotopic (exact) mass is 244 g/mol. The van der Waals surface area contributed by atoms with Crippen LogP contribution in [0.25, 0.3) is 0 Å². The van der Waals surface area contributed by atoms with E-state index < -0.39 is 6.10 Å². The third-order valence-corrected chi connectivity index (χ3v) is 3.43. The molecule has 2 aromatic rings. The number of nitrogens with zero attached hydrogens (tertiary/aromatic N) is 2. The number of fused-ring (bicyclic) bond motifs is 1. The van der Waals surface area contributed by atoms with Gasteiger partial charge in [-0.05, 0) is 16.7 Å². The molecule has 1 aliphatic rings. The summed E-state index contributed by atoms with van der Waals surface area (Å²) in [5.74, 6) is 0.888. The van der Waals surface area contributed by atoms with Crippen molar-refractivity contribution >= 4 is 0 Å². The van der Waals surface area contributed by atoms with Crippen LogP contribution in [0.5, 0.6) is 0 Å². The number of rotatable bonds is 3. The highest BCUT2D eigenvalue weighted by molar-refractivity contribution is 5.34. The molecule has 3 rings (SSSR count). The second-order valence-corrected chi connectivity index (χ2v) is 4.70. The second kappa shape index (κ2) is 4.55. The third-order valence-electron chi connectivity index (χ3n) is 3.43. The molecule has 0 spiro atoms. The first-order chi connectivity index (χ1) is 8.74. The van der Waals surface area contributed by atoms with Crippen molar-refractivity contribution in [2.24, 2.45) is 7.05 Å². The van der Waals surface area contributed by atoms with Crippen molar-refractivity contribution in [2.45, 2.75) is 25.7 Å². The van der Waals surface area contributed by atoms with E-state index in [-0.39, 0.29) is 0 Å². The Hall–Kier alpha value is -1.65. The Bertz CT molecular complexity index is 563. The molecule has 2 heterocycles. The van der Waals surface area contributed by atoms with Crippen LogP contribution in [0.3, 0.4) is 0 Å². The Balaban J connectivity index is 1.80. The molecule has 94 valence electrons. The summed E-state index contributed by atoms with van der Waals surface area (Å²) in [6.45, 7) is 1.34. The van der Waals surface area contributed by atoms with E-state index in [1.807, 2.05) is 36.0 Å². The van der Waals surface area contributed by atoms with E-state index in [4.69, 9.17) is 4.74 Å². The van der Waals surface area contributed by atoms with Gasteiger partial charge in [0.15, 0.2) is 0 Å². The van der Waals surface area contributed by atoms with Crippen LogP contribution >= 0.6 is 0 Å². The SMILES string of the molecule is Cn1ccnc1CC(O)c1ccc2c(c1)COC2. The van der Waals surface area contributed by atoms with Crippen molar-refractivity contribution in [3.63, 3.8) is 0 Å². The molecule has 1 N–H and O–H groups in total. The van der Waals surface area contributed by atoms with Crippen LogP contribution in [0.1, 0.15) is 28.6 Å². The highest BCUT2D eigenvalue weighted by Gasteiger charge is 2.16. The summed E-state index contributed by atoms with van der Waals surface area (Å²) in [5.41, 5.74) is 3.34. The topological polar surface area (TPSA) is 47.3 Å². The molecular weight excluding hydrogens is 228 g/mol. The summed E-state index contributed by atoms with van der Waals surface area (Å²) in [7, 11) is 1.94. The van der Waals surface area contributed by atoms with Crippen molar-refractivity contribution in [1.29, 1.82) is 0 Å². The summed E-state index contributed by atoms with van der Waals surface area (Å²) in [4.78, 5) is 4.23. The minimum Gasteiger partial charge on any atom is -0.388 e. The van der Waals surface area contributed by atoms with Crippen molar-refractivity contribution in [2.75, 3.05) is 0 Å². The molecule has 4 nitrogen and oxygen atoms in total. The van der Waals surface area contributed by atoms with E-state index in [9.17, 15) is 5.11 Å². The first-order valence-corrected chi connectivity index (χ1v) is 6.08. The quantitative estimate of drug-likeness (QED) is 0.894. The lowest BCUT2D eigenvalue weighted by Gasteiger charge is -2.12. The fourth-order valence-corrected chi connectivity index (χ4v) is 2.28. The van der Waals surface area contributed by atoms with E-state index in [0.717, 1.165) is 11.4 Å². The smallest absolute Gasteiger partial charge is 0.111 e. The summed E-state index contributed by atoms with van der Waals surface area (Å²) in [6.07, 6.45) is 3.65. The number of aliphatic hydroxyl groups excluding tert-OH is 1. The molecule has 0 bridgehead atoms. The largest absolute Gasteiger partial charge is 0.388 e. The lowest BCUT2D eigenvalue weighted by atomic mass is 10.0. The second-order valence-electron chi connectivity index (χ2n) is 4.70. The third kappa shape index (κ3) is 2.05. The summed E-state index contributed by atoms with van der Waals surface area (Å²) in [5, 5.41) is 10.3. The number of aryl methyl sites for hydroxylation is 1. The van der Waals surface area contributed by atoms with Crippen LogP contribution in [0.4, 0.5) is 0 Å². The molecule has 1 aromatic carbocycles. The average Bonchev–Trinajstić information content (AvgIpc) is 2.98. The molecular formula is C14H16N2O2. The van der Waals surface area contributed by atoms with Crippen molar-refractivity contribution in [3.05, 3.63) is 53.1 Å². The summed E-state index contributed by atoms with van der Waals surface area (Å²) < 4.78 is 7.31. The fourth-order valence-electron chi connectivity index (χ4n) is 2.28. The van der Waals surface area contributed by atoms with Gasteiger partial charge < -0.3 is 14.4 Å². The van der Waals surface area contributed by atoms with E-state index in [0.29, 0.717) is 19.6 Å². The Kier molecular flexibility index (Phi) is 2.89. The Labute approximate surface area is 106 Å². The molecule has 4 heteroatoms. The normalized spacial score (nSPS) is 15.7. The number of hydrogen-bond donors (Lipinski definition) is 1. The van der Waals surface area contributed by atoms with Crippen molar-refractivity contribution < 1.29 is 9.84 Å². The molecule has 0 saturated heterocycles. The van der Waals surface area contributed by atoms with Crippen LogP contribution in [0.2, 0.25) is 0 Å². The summed E-state index contributed by atoms with van der Waals surface area (Å²) in [6, 6.07) is 6.05. The highest BCUT2D eigenvalue weighted by Crippen LogP contribution is 2.25. The van der Waals surface area contributed by atoms with Gasteiger partial charge in [0.25, 0.3) is 0 Å². The first kappa shape index (κ1) is 11.4. The lowest BCUT2D eigenvalue weighted by molar-refractivity contribution is 0.134. The van der Waals surface area contributed by atoms with Gasteiger partial charge in [0, 0.05) is 25.9 Å². The van der Waals surface area contributed by atoms with Crippen molar-refractivity contribution in [3.8, 4) is 0 Å². The highest BCUT2D eigenvalue weighted by atomic mass is 16.5. The predicted molar refractivity (Wildman–Crippen MR) is 66.8 cm³/mol. The molecule has 0 aliphatic carbocycles. The Morgan fingerprint density at radius 2 is 2.22 bits per heavy atom. The average molecular weight is 244 g/mol.